The van der Waals surface area contributed by atoms with Crippen LogP contribution in [-0.2, 0) is 0 Å². The lowest BCUT2D eigenvalue weighted by molar-refractivity contribution is 0.203. The van der Waals surface area contributed by atoms with E-state index in [0.717, 1.165) is 0 Å². The summed E-state index contributed by atoms with van der Waals surface area (Å²) < 4.78 is 4.98. The molecular weight excluding hydrogens is 306 g/mol. The molecule has 2 rings (SSSR count). The maximum absolute atomic E-state index is 11.9. The fourth-order valence-corrected chi connectivity index (χ4v) is 1.75. The third kappa shape index (κ3) is 4.68. The Labute approximate surface area is 132 Å². The molecule has 0 aromatic heterocycles. The first kappa shape index (κ1) is 15.7. The molecule has 0 bridgehead atoms. The van der Waals surface area contributed by atoms with Crippen LogP contribution in [0, 0.1) is 0 Å². The molecule has 2 aromatic carbocycles. The van der Waals surface area contributed by atoms with Crippen molar-refractivity contribution in [3.8, 4) is 5.75 Å². The van der Waals surface area contributed by atoms with Crippen LogP contribution in [0.25, 0.3) is 0 Å². The zero-order valence-corrected chi connectivity index (χ0v) is 12.5. The molecule has 114 valence electrons. The fourth-order valence-electron chi connectivity index (χ4n) is 1.62. The largest absolute Gasteiger partial charge is 0.412 e. The summed E-state index contributed by atoms with van der Waals surface area (Å²) in [4.78, 5) is 23.0. The van der Waals surface area contributed by atoms with E-state index in [1.165, 1.54) is 13.1 Å². The highest BCUT2D eigenvalue weighted by Gasteiger charge is 2.05. The SMILES string of the molecule is CNC(=O)Oc1cccc(NC(=O)Nc2ccc(Cl)cc2)c1. The number of carbonyl (C=O) groups excluding carboxylic acids is 2. The molecule has 7 heteroatoms. The van der Waals surface area contributed by atoms with Gasteiger partial charge in [0.1, 0.15) is 5.75 Å². The Morgan fingerprint density at radius 1 is 1.00 bits per heavy atom. The summed E-state index contributed by atoms with van der Waals surface area (Å²) >= 11 is 5.77. The lowest BCUT2D eigenvalue weighted by Crippen LogP contribution is -2.22. The maximum Gasteiger partial charge on any atom is 0.412 e. The number of carbonyl (C=O) groups is 2. The van der Waals surface area contributed by atoms with Gasteiger partial charge in [0, 0.05) is 29.5 Å². The standard InChI is InChI=1S/C15H14ClN3O3/c1-17-15(21)22-13-4-2-3-12(9-13)19-14(20)18-11-7-5-10(16)6-8-11/h2-9H,1H3,(H,17,21)(H2,18,19,20). The van der Waals surface area contributed by atoms with Crippen molar-refractivity contribution in [3.63, 3.8) is 0 Å². The van der Waals surface area contributed by atoms with Crippen molar-refractivity contribution in [2.75, 3.05) is 17.7 Å². The van der Waals surface area contributed by atoms with Crippen molar-refractivity contribution in [1.29, 1.82) is 0 Å². The zero-order valence-electron chi connectivity index (χ0n) is 11.7. The van der Waals surface area contributed by atoms with Gasteiger partial charge in [-0.15, -0.1) is 0 Å². The van der Waals surface area contributed by atoms with Crippen LogP contribution in [0.15, 0.2) is 48.5 Å². The van der Waals surface area contributed by atoms with Gasteiger partial charge in [-0.3, -0.25) is 0 Å². The highest BCUT2D eigenvalue weighted by atomic mass is 35.5. The average Bonchev–Trinajstić information content (AvgIpc) is 2.49. The van der Waals surface area contributed by atoms with Gasteiger partial charge in [0.2, 0.25) is 0 Å². The molecule has 3 N–H and O–H groups in total. The quantitative estimate of drug-likeness (QED) is 0.807. The zero-order chi connectivity index (χ0) is 15.9. The Hall–Kier alpha value is -2.73. The number of hydrogen-bond acceptors (Lipinski definition) is 3. The third-order valence-corrected chi connectivity index (χ3v) is 2.86. The Morgan fingerprint density at radius 2 is 1.68 bits per heavy atom. The molecular formula is C15H14ClN3O3. The van der Waals surface area contributed by atoms with Crippen molar-refractivity contribution in [1.82, 2.24) is 5.32 Å². The summed E-state index contributed by atoms with van der Waals surface area (Å²) in [7, 11) is 1.46. The molecule has 0 spiro atoms. The molecule has 0 aliphatic carbocycles. The smallest absolute Gasteiger partial charge is 0.410 e. The number of benzene rings is 2. The summed E-state index contributed by atoms with van der Waals surface area (Å²) in [5.74, 6) is 0.323. The molecule has 0 atom stereocenters. The minimum Gasteiger partial charge on any atom is -0.410 e. The molecule has 0 radical (unpaired) electrons. The number of rotatable bonds is 3. The van der Waals surface area contributed by atoms with Crippen molar-refractivity contribution in [3.05, 3.63) is 53.6 Å². The van der Waals surface area contributed by atoms with Gasteiger partial charge in [-0.25, -0.2) is 9.59 Å². The van der Waals surface area contributed by atoms with E-state index in [0.29, 0.717) is 22.1 Å². The fraction of sp³-hybridized carbons (Fsp3) is 0.0667. The summed E-state index contributed by atoms with van der Waals surface area (Å²) in [6, 6.07) is 12.8. The van der Waals surface area contributed by atoms with Gasteiger partial charge in [0.05, 0.1) is 0 Å². The summed E-state index contributed by atoms with van der Waals surface area (Å²) in [5, 5.41) is 8.23. The number of urea groups is 1. The number of halogens is 1. The van der Waals surface area contributed by atoms with E-state index in [4.69, 9.17) is 16.3 Å². The number of ether oxygens (including phenoxy) is 1. The predicted octanol–water partition coefficient (Wildman–Crippen LogP) is 3.70. The Kier molecular flexibility index (Phi) is 5.21. The van der Waals surface area contributed by atoms with Gasteiger partial charge in [-0.2, -0.15) is 0 Å². The lowest BCUT2D eigenvalue weighted by atomic mass is 10.3. The summed E-state index contributed by atoms with van der Waals surface area (Å²) in [6.07, 6.45) is -0.581. The average molecular weight is 320 g/mol. The molecule has 3 amide bonds. The molecule has 0 aliphatic heterocycles. The van der Waals surface area contributed by atoms with Crippen LogP contribution in [0.3, 0.4) is 0 Å². The molecule has 6 nitrogen and oxygen atoms in total. The highest BCUT2D eigenvalue weighted by molar-refractivity contribution is 6.30. The summed E-state index contributed by atoms with van der Waals surface area (Å²) in [6.45, 7) is 0. The van der Waals surface area contributed by atoms with Gasteiger partial charge in [-0.1, -0.05) is 17.7 Å². The minimum atomic E-state index is -0.581. The van der Waals surface area contributed by atoms with Gasteiger partial charge >= 0.3 is 12.1 Å². The normalized spacial score (nSPS) is 9.73. The van der Waals surface area contributed by atoms with E-state index >= 15 is 0 Å². The van der Waals surface area contributed by atoms with Gasteiger partial charge in [0.15, 0.2) is 0 Å². The van der Waals surface area contributed by atoms with E-state index in [9.17, 15) is 9.59 Å². The highest BCUT2D eigenvalue weighted by Crippen LogP contribution is 2.18. The van der Waals surface area contributed by atoms with Crippen LogP contribution >= 0.6 is 11.6 Å². The first-order valence-corrected chi connectivity index (χ1v) is 6.78. The molecule has 0 saturated carbocycles. The van der Waals surface area contributed by atoms with E-state index in [1.807, 2.05) is 0 Å². The van der Waals surface area contributed by atoms with Crippen LogP contribution in [0.5, 0.6) is 5.75 Å². The van der Waals surface area contributed by atoms with Crippen molar-refractivity contribution in [2.45, 2.75) is 0 Å². The lowest BCUT2D eigenvalue weighted by Gasteiger charge is -2.09. The molecule has 0 aliphatic rings. The van der Waals surface area contributed by atoms with E-state index in [1.54, 1.807) is 42.5 Å². The molecule has 22 heavy (non-hydrogen) atoms. The van der Waals surface area contributed by atoms with Crippen molar-refractivity contribution in [2.24, 2.45) is 0 Å². The second kappa shape index (κ2) is 7.33. The van der Waals surface area contributed by atoms with Crippen molar-refractivity contribution < 1.29 is 14.3 Å². The molecule has 0 saturated heterocycles. The molecule has 0 heterocycles. The number of nitrogens with one attached hydrogen (secondary N) is 3. The predicted molar refractivity (Wildman–Crippen MR) is 85.6 cm³/mol. The minimum absolute atomic E-state index is 0.323. The van der Waals surface area contributed by atoms with Gasteiger partial charge < -0.3 is 20.7 Å². The third-order valence-electron chi connectivity index (χ3n) is 2.61. The number of amides is 3. The van der Waals surface area contributed by atoms with Gasteiger partial charge in [0.25, 0.3) is 0 Å². The van der Waals surface area contributed by atoms with E-state index < -0.39 is 12.1 Å². The second-order valence-corrected chi connectivity index (χ2v) is 4.69. The summed E-state index contributed by atoms with van der Waals surface area (Å²) in [5.41, 5.74) is 1.10. The second-order valence-electron chi connectivity index (χ2n) is 4.25. The Bertz CT molecular complexity index is 674. The first-order valence-electron chi connectivity index (χ1n) is 6.40. The van der Waals surface area contributed by atoms with Crippen LogP contribution in [0.1, 0.15) is 0 Å². The number of hydrogen-bond donors (Lipinski definition) is 3. The number of anilines is 2. The van der Waals surface area contributed by atoms with Gasteiger partial charge in [-0.05, 0) is 36.4 Å². The van der Waals surface area contributed by atoms with Crippen LogP contribution < -0.4 is 20.7 Å². The molecule has 0 unspecified atom stereocenters. The van der Waals surface area contributed by atoms with E-state index in [-0.39, 0.29) is 0 Å². The molecule has 0 fully saturated rings. The molecule has 2 aromatic rings. The van der Waals surface area contributed by atoms with Crippen LogP contribution in [0.4, 0.5) is 21.0 Å². The Morgan fingerprint density at radius 3 is 2.36 bits per heavy atom. The van der Waals surface area contributed by atoms with E-state index in [2.05, 4.69) is 16.0 Å². The topological polar surface area (TPSA) is 79.5 Å². The Balaban J connectivity index is 1.97. The maximum atomic E-state index is 11.9. The monoisotopic (exact) mass is 319 g/mol. The first-order chi connectivity index (χ1) is 10.6. The van der Waals surface area contributed by atoms with Crippen molar-refractivity contribution >= 4 is 35.1 Å². The van der Waals surface area contributed by atoms with Crippen LogP contribution in [0.2, 0.25) is 5.02 Å². The van der Waals surface area contributed by atoms with Crippen LogP contribution in [-0.4, -0.2) is 19.2 Å².